The third kappa shape index (κ3) is 9.04. The smallest absolute Gasteiger partial charge is 1.00 e. The molecule has 0 saturated carbocycles. The Labute approximate surface area is 68.0 Å². The Kier molecular flexibility index (Phi) is 195. The van der Waals surface area contributed by atoms with Gasteiger partial charge in [-0.25, -0.2) is 0 Å². The summed E-state index contributed by atoms with van der Waals surface area (Å²) in [5.41, 5.74) is 0. The molecule has 0 atom stereocenters. The molecule has 0 bridgehead atoms. The Morgan fingerprint density at radius 2 is 0.750 bits per heavy atom. The second-order valence-corrected chi connectivity index (χ2v) is 0. The second kappa shape index (κ2) is 20.3. The first-order valence-electron chi connectivity index (χ1n) is 0. The first-order valence-corrected chi connectivity index (χ1v) is 0. The molecule has 0 spiro atoms. The SMILES string of the molecule is [Cl-].[Cl-].[Ga+3].[I-]. The fourth-order valence-electron chi connectivity index (χ4n) is 0. The van der Waals surface area contributed by atoms with Gasteiger partial charge in [0.05, 0.1) is 0 Å². The average Bonchev–Trinajstić information content (AvgIpc) is 0. The van der Waals surface area contributed by atoms with E-state index in [9.17, 15) is 0 Å². The van der Waals surface area contributed by atoms with Crippen LogP contribution in [0, 0.1) is 0 Å². The minimum atomic E-state index is 0. The van der Waals surface area contributed by atoms with Crippen molar-refractivity contribution in [3.05, 3.63) is 0 Å². The molecule has 0 nitrogen and oxygen atoms in total. The summed E-state index contributed by atoms with van der Waals surface area (Å²) in [7, 11) is 0. The summed E-state index contributed by atoms with van der Waals surface area (Å²) in [6.07, 6.45) is 0. The van der Waals surface area contributed by atoms with Gasteiger partial charge in [0.15, 0.2) is 0 Å². The summed E-state index contributed by atoms with van der Waals surface area (Å²) in [5, 5.41) is 0. The van der Waals surface area contributed by atoms with Gasteiger partial charge in [0.25, 0.3) is 0 Å². The molecule has 0 aliphatic carbocycles. The van der Waals surface area contributed by atoms with Gasteiger partial charge in [-0.1, -0.05) is 0 Å². The molecule has 0 aromatic rings. The van der Waals surface area contributed by atoms with Crippen molar-refractivity contribution < 1.29 is 48.8 Å². The van der Waals surface area contributed by atoms with Gasteiger partial charge >= 0.3 is 19.8 Å². The zero-order chi connectivity index (χ0) is 0. The molecule has 0 saturated heterocycles. The molecule has 4 heavy (non-hydrogen) atoms. The summed E-state index contributed by atoms with van der Waals surface area (Å²) in [6.45, 7) is 0. The van der Waals surface area contributed by atoms with E-state index in [0.717, 1.165) is 0 Å². The van der Waals surface area contributed by atoms with Crippen molar-refractivity contribution in [3.8, 4) is 0 Å². The van der Waals surface area contributed by atoms with Gasteiger partial charge in [0.1, 0.15) is 0 Å². The molecule has 0 radical (unpaired) electrons. The molecular formula is Cl2GaI. The number of hydrogen-bond donors (Lipinski definition) is 0. The molecular weight excluding hydrogens is 268 g/mol. The van der Waals surface area contributed by atoms with E-state index >= 15 is 0 Å². The van der Waals surface area contributed by atoms with Crippen LogP contribution in [0.15, 0.2) is 0 Å². The van der Waals surface area contributed by atoms with Crippen LogP contribution in [-0.2, 0) is 0 Å². The first-order chi connectivity index (χ1) is 0. The number of rotatable bonds is 0. The van der Waals surface area contributed by atoms with Crippen LogP contribution in [0.4, 0.5) is 0 Å². The second-order valence-electron chi connectivity index (χ2n) is 0. The summed E-state index contributed by atoms with van der Waals surface area (Å²) in [5.74, 6) is 0. The molecule has 0 amide bonds. The molecule has 0 fully saturated rings. The van der Waals surface area contributed by atoms with Crippen molar-refractivity contribution in [2.75, 3.05) is 0 Å². The zero-order valence-corrected chi connectivity index (χ0v) is 7.80. The third-order valence-corrected chi connectivity index (χ3v) is 0. The molecule has 0 aliphatic rings. The van der Waals surface area contributed by atoms with E-state index in [1.165, 1.54) is 0 Å². The van der Waals surface area contributed by atoms with Gasteiger partial charge in [-0.3, -0.25) is 0 Å². The molecule has 0 heterocycles. The maximum Gasteiger partial charge on any atom is 3.00 e. The van der Waals surface area contributed by atoms with Crippen LogP contribution >= 0.6 is 0 Å². The van der Waals surface area contributed by atoms with Crippen molar-refractivity contribution in [2.45, 2.75) is 0 Å². The van der Waals surface area contributed by atoms with Crippen molar-refractivity contribution >= 4 is 19.8 Å². The molecule has 24 valence electrons. The van der Waals surface area contributed by atoms with E-state index in [2.05, 4.69) is 0 Å². The number of hydrogen-bond acceptors (Lipinski definition) is 0. The van der Waals surface area contributed by atoms with E-state index < -0.39 is 0 Å². The fourth-order valence-corrected chi connectivity index (χ4v) is 0. The van der Waals surface area contributed by atoms with E-state index in [4.69, 9.17) is 0 Å². The van der Waals surface area contributed by atoms with Crippen LogP contribution < -0.4 is 48.8 Å². The van der Waals surface area contributed by atoms with Crippen molar-refractivity contribution in [1.82, 2.24) is 0 Å². The van der Waals surface area contributed by atoms with E-state index in [1.807, 2.05) is 0 Å². The maximum atomic E-state index is 0. The molecule has 0 aromatic carbocycles. The average molecular weight is 268 g/mol. The standard InChI is InChI=1S/2ClH.Ga.HI/h2*1H;;1H/q;;+3;/p-3. The van der Waals surface area contributed by atoms with E-state index in [1.54, 1.807) is 0 Å². The minimum Gasteiger partial charge on any atom is -1.00 e. The maximum absolute atomic E-state index is 0. The molecule has 0 rings (SSSR count). The predicted octanol–water partition coefficient (Wildman–Crippen LogP) is -9.37. The fraction of sp³-hybridized carbons (Fsp3) is 0. The molecule has 0 aromatic heterocycles. The van der Waals surface area contributed by atoms with Crippen LogP contribution in [0.25, 0.3) is 0 Å². The van der Waals surface area contributed by atoms with Crippen molar-refractivity contribution in [2.24, 2.45) is 0 Å². The quantitative estimate of drug-likeness (QED) is 0.302. The molecule has 4 heteroatoms. The Morgan fingerprint density at radius 1 is 0.750 bits per heavy atom. The summed E-state index contributed by atoms with van der Waals surface area (Å²) < 4.78 is 0. The van der Waals surface area contributed by atoms with E-state index in [0.29, 0.717) is 0 Å². The molecule has 0 unspecified atom stereocenters. The Balaban J connectivity index is 0. The van der Waals surface area contributed by atoms with Crippen LogP contribution in [0.5, 0.6) is 0 Å². The Morgan fingerprint density at radius 3 is 0.750 bits per heavy atom. The van der Waals surface area contributed by atoms with E-state index in [-0.39, 0.29) is 68.6 Å². The van der Waals surface area contributed by atoms with Gasteiger partial charge in [0.2, 0.25) is 0 Å². The zero-order valence-electron chi connectivity index (χ0n) is 1.71. The van der Waals surface area contributed by atoms with Crippen LogP contribution in [0.2, 0.25) is 0 Å². The minimum absolute atomic E-state index is 0. The Hall–Kier alpha value is 1.95. The van der Waals surface area contributed by atoms with Crippen molar-refractivity contribution in [3.63, 3.8) is 0 Å². The van der Waals surface area contributed by atoms with Crippen LogP contribution in [0.3, 0.4) is 0 Å². The molecule has 0 aliphatic heterocycles. The summed E-state index contributed by atoms with van der Waals surface area (Å²) in [6, 6.07) is 0. The predicted molar refractivity (Wildman–Crippen MR) is 5.75 cm³/mol. The monoisotopic (exact) mass is 266 g/mol. The third-order valence-electron chi connectivity index (χ3n) is 0. The van der Waals surface area contributed by atoms with Crippen molar-refractivity contribution in [1.29, 1.82) is 0 Å². The van der Waals surface area contributed by atoms with Gasteiger partial charge < -0.3 is 48.8 Å². The van der Waals surface area contributed by atoms with Crippen LogP contribution in [0.1, 0.15) is 0 Å². The van der Waals surface area contributed by atoms with Gasteiger partial charge in [0, 0.05) is 0 Å². The van der Waals surface area contributed by atoms with Crippen LogP contribution in [-0.4, -0.2) is 19.8 Å². The summed E-state index contributed by atoms with van der Waals surface area (Å²) in [4.78, 5) is 0. The normalized spacial score (nSPS) is 0. The molecule has 0 N–H and O–H groups in total. The first kappa shape index (κ1) is 38.4. The Bertz CT molecular complexity index is 6.00. The van der Waals surface area contributed by atoms with Gasteiger partial charge in [-0.15, -0.1) is 0 Å². The van der Waals surface area contributed by atoms with Gasteiger partial charge in [-0.05, 0) is 0 Å². The van der Waals surface area contributed by atoms with Gasteiger partial charge in [-0.2, -0.15) is 0 Å². The largest absolute Gasteiger partial charge is 3.00 e. The summed E-state index contributed by atoms with van der Waals surface area (Å²) >= 11 is 0. The number of halogens is 3. The topological polar surface area (TPSA) is 0 Å².